The highest BCUT2D eigenvalue weighted by Crippen LogP contribution is 2.11. The molecule has 0 rings (SSSR count). The molecule has 0 bridgehead atoms. The van der Waals surface area contributed by atoms with Crippen LogP contribution in [0.5, 0.6) is 0 Å². The number of carboxylic acids is 1. The third-order valence-corrected chi connectivity index (χ3v) is 2.35. The Morgan fingerprint density at radius 2 is 2.00 bits per heavy atom. The van der Waals surface area contributed by atoms with Crippen LogP contribution in [0.4, 0.5) is 0 Å². The first-order chi connectivity index (χ1) is 7.38. The summed E-state index contributed by atoms with van der Waals surface area (Å²) in [6.07, 6.45) is 2.38. The molecule has 0 radical (unpaired) electrons. The molecule has 0 saturated carbocycles. The molecule has 0 aromatic carbocycles. The SMILES string of the molecule is CCC/C(=C/[C@H](O)[C@@H](N)CC(C)C)C(=O)O. The number of hydrogen-bond acceptors (Lipinski definition) is 3. The molecule has 0 aromatic heterocycles. The van der Waals surface area contributed by atoms with Crippen molar-refractivity contribution in [2.75, 3.05) is 0 Å². The second-order valence-electron chi connectivity index (χ2n) is 4.53. The Morgan fingerprint density at radius 3 is 2.38 bits per heavy atom. The third-order valence-electron chi connectivity index (χ3n) is 2.35. The van der Waals surface area contributed by atoms with E-state index in [0.717, 1.165) is 6.42 Å². The Bertz CT molecular complexity index is 249. The van der Waals surface area contributed by atoms with Crippen LogP contribution in [0, 0.1) is 5.92 Å². The first kappa shape index (κ1) is 15.1. The molecule has 0 aliphatic carbocycles. The molecule has 0 spiro atoms. The largest absolute Gasteiger partial charge is 0.478 e. The van der Waals surface area contributed by atoms with Crippen molar-refractivity contribution in [3.8, 4) is 0 Å². The molecular formula is C12H23NO3. The Morgan fingerprint density at radius 1 is 1.44 bits per heavy atom. The zero-order chi connectivity index (χ0) is 12.7. The lowest BCUT2D eigenvalue weighted by atomic mass is 9.97. The number of nitrogens with two attached hydrogens (primary N) is 1. The highest BCUT2D eigenvalue weighted by atomic mass is 16.4. The molecule has 0 saturated heterocycles. The Kier molecular flexibility index (Phi) is 7.01. The van der Waals surface area contributed by atoms with Gasteiger partial charge < -0.3 is 15.9 Å². The van der Waals surface area contributed by atoms with Crippen molar-refractivity contribution in [1.29, 1.82) is 0 Å². The van der Waals surface area contributed by atoms with Gasteiger partial charge in [-0.1, -0.05) is 27.2 Å². The van der Waals surface area contributed by atoms with Gasteiger partial charge in [0.1, 0.15) is 0 Å². The Hall–Kier alpha value is -0.870. The summed E-state index contributed by atoms with van der Waals surface area (Å²) in [5, 5.41) is 18.6. The second-order valence-corrected chi connectivity index (χ2v) is 4.53. The van der Waals surface area contributed by atoms with E-state index in [4.69, 9.17) is 10.8 Å². The van der Waals surface area contributed by atoms with Gasteiger partial charge in [0.2, 0.25) is 0 Å². The molecule has 0 amide bonds. The predicted molar refractivity (Wildman–Crippen MR) is 64.1 cm³/mol. The molecular weight excluding hydrogens is 206 g/mol. The highest BCUT2D eigenvalue weighted by Gasteiger charge is 2.16. The molecule has 0 fully saturated rings. The monoisotopic (exact) mass is 229 g/mol. The number of rotatable bonds is 7. The summed E-state index contributed by atoms with van der Waals surface area (Å²) >= 11 is 0. The van der Waals surface area contributed by atoms with Crippen molar-refractivity contribution in [2.24, 2.45) is 11.7 Å². The van der Waals surface area contributed by atoms with Crippen LogP contribution in [0.3, 0.4) is 0 Å². The molecule has 94 valence electrons. The number of carboxylic acid groups (broad SMARTS) is 1. The van der Waals surface area contributed by atoms with Crippen molar-refractivity contribution in [1.82, 2.24) is 0 Å². The van der Waals surface area contributed by atoms with Crippen LogP contribution >= 0.6 is 0 Å². The van der Waals surface area contributed by atoms with Gasteiger partial charge >= 0.3 is 5.97 Å². The van der Waals surface area contributed by atoms with E-state index in [9.17, 15) is 9.90 Å². The lowest BCUT2D eigenvalue weighted by Gasteiger charge is -2.18. The third kappa shape index (κ3) is 5.88. The maximum absolute atomic E-state index is 10.8. The van der Waals surface area contributed by atoms with Gasteiger partial charge in [-0.2, -0.15) is 0 Å². The van der Waals surface area contributed by atoms with Gasteiger partial charge in [-0.05, 0) is 24.8 Å². The minimum Gasteiger partial charge on any atom is -0.478 e. The van der Waals surface area contributed by atoms with E-state index in [-0.39, 0.29) is 5.57 Å². The Balaban J connectivity index is 4.50. The summed E-state index contributed by atoms with van der Waals surface area (Å²) in [6.45, 7) is 5.93. The average Bonchev–Trinajstić information content (AvgIpc) is 2.15. The molecule has 0 unspecified atom stereocenters. The lowest BCUT2D eigenvalue weighted by molar-refractivity contribution is -0.132. The van der Waals surface area contributed by atoms with Crippen molar-refractivity contribution < 1.29 is 15.0 Å². The second kappa shape index (κ2) is 7.41. The molecule has 0 aliphatic heterocycles. The Labute approximate surface area is 97.2 Å². The molecule has 0 heterocycles. The fraction of sp³-hybridized carbons (Fsp3) is 0.750. The first-order valence-corrected chi connectivity index (χ1v) is 5.76. The van der Waals surface area contributed by atoms with E-state index in [1.165, 1.54) is 6.08 Å². The minimum atomic E-state index is -0.974. The summed E-state index contributed by atoms with van der Waals surface area (Å²) in [4.78, 5) is 10.8. The number of hydrogen-bond donors (Lipinski definition) is 3. The summed E-state index contributed by atoms with van der Waals surface area (Å²) in [5.41, 5.74) is 6.02. The standard InChI is InChI=1S/C12H23NO3/c1-4-5-9(12(15)16)7-11(14)10(13)6-8(2)3/h7-8,10-11,14H,4-6,13H2,1-3H3,(H,15,16)/b9-7-/t10-,11-/m0/s1. The van der Waals surface area contributed by atoms with Gasteiger partial charge in [0, 0.05) is 11.6 Å². The zero-order valence-electron chi connectivity index (χ0n) is 10.3. The maximum Gasteiger partial charge on any atom is 0.331 e. The van der Waals surface area contributed by atoms with Crippen molar-refractivity contribution in [3.63, 3.8) is 0 Å². The summed E-state index contributed by atoms with van der Waals surface area (Å²) in [5.74, 6) is -0.588. The fourth-order valence-corrected chi connectivity index (χ4v) is 1.54. The number of aliphatic hydroxyl groups excluding tert-OH is 1. The topological polar surface area (TPSA) is 83.5 Å². The van der Waals surface area contributed by atoms with E-state index >= 15 is 0 Å². The van der Waals surface area contributed by atoms with Crippen LogP contribution < -0.4 is 5.73 Å². The minimum absolute atomic E-state index is 0.245. The van der Waals surface area contributed by atoms with Gasteiger partial charge in [-0.25, -0.2) is 4.79 Å². The van der Waals surface area contributed by atoms with Crippen LogP contribution in [0.1, 0.15) is 40.0 Å². The first-order valence-electron chi connectivity index (χ1n) is 5.76. The van der Waals surface area contributed by atoms with Gasteiger partial charge in [-0.3, -0.25) is 0 Å². The normalized spacial score (nSPS) is 16.2. The highest BCUT2D eigenvalue weighted by molar-refractivity contribution is 5.86. The molecule has 4 heteroatoms. The van der Waals surface area contributed by atoms with Crippen LogP contribution in [-0.4, -0.2) is 28.3 Å². The fourth-order valence-electron chi connectivity index (χ4n) is 1.54. The molecule has 2 atom stereocenters. The van der Waals surface area contributed by atoms with Crippen LogP contribution in [-0.2, 0) is 4.79 Å². The summed E-state index contributed by atoms with van der Waals surface area (Å²) in [7, 11) is 0. The van der Waals surface area contributed by atoms with Crippen LogP contribution in [0.15, 0.2) is 11.6 Å². The molecule has 0 aliphatic rings. The van der Waals surface area contributed by atoms with Gasteiger partial charge in [-0.15, -0.1) is 0 Å². The van der Waals surface area contributed by atoms with Crippen molar-refractivity contribution >= 4 is 5.97 Å². The molecule has 4 nitrogen and oxygen atoms in total. The van der Waals surface area contributed by atoms with E-state index in [1.54, 1.807) is 0 Å². The smallest absolute Gasteiger partial charge is 0.331 e. The molecule has 16 heavy (non-hydrogen) atoms. The quantitative estimate of drug-likeness (QED) is 0.578. The van der Waals surface area contributed by atoms with Gasteiger partial charge in [0.15, 0.2) is 0 Å². The van der Waals surface area contributed by atoms with E-state index in [0.29, 0.717) is 18.8 Å². The van der Waals surface area contributed by atoms with E-state index in [2.05, 4.69) is 0 Å². The molecule has 4 N–H and O–H groups in total. The lowest BCUT2D eigenvalue weighted by Crippen LogP contribution is -2.35. The summed E-state index contributed by atoms with van der Waals surface area (Å²) < 4.78 is 0. The number of carbonyl (C=O) groups is 1. The average molecular weight is 229 g/mol. The van der Waals surface area contributed by atoms with Gasteiger partial charge in [0.05, 0.1) is 6.10 Å². The zero-order valence-corrected chi connectivity index (χ0v) is 10.3. The van der Waals surface area contributed by atoms with Crippen LogP contribution in [0.2, 0.25) is 0 Å². The summed E-state index contributed by atoms with van der Waals surface area (Å²) in [6, 6.07) is -0.397. The number of aliphatic hydroxyl groups is 1. The van der Waals surface area contributed by atoms with Crippen LogP contribution in [0.25, 0.3) is 0 Å². The predicted octanol–water partition coefficient (Wildman–Crippen LogP) is 1.53. The van der Waals surface area contributed by atoms with Crippen molar-refractivity contribution in [2.45, 2.75) is 52.2 Å². The van der Waals surface area contributed by atoms with E-state index in [1.807, 2.05) is 20.8 Å². The van der Waals surface area contributed by atoms with Crippen molar-refractivity contribution in [3.05, 3.63) is 11.6 Å². The van der Waals surface area contributed by atoms with Gasteiger partial charge in [0.25, 0.3) is 0 Å². The molecule has 0 aromatic rings. The maximum atomic E-state index is 10.8. The number of aliphatic carboxylic acids is 1. The van der Waals surface area contributed by atoms with E-state index < -0.39 is 18.1 Å².